The molecule has 0 radical (unpaired) electrons. The third kappa shape index (κ3) is 2.09. The average Bonchev–Trinajstić information content (AvgIpc) is 2.69. The van der Waals surface area contributed by atoms with Crippen LogP contribution in [0.2, 0.25) is 0 Å². The lowest BCUT2D eigenvalue weighted by molar-refractivity contribution is -0.384. The number of nitrogens with one attached hydrogen (secondary N) is 1. The van der Waals surface area contributed by atoms with Gasteiger partial charge in [0.1, 0.15) is 0 Å². The highest BCUT2D eigenvalue weighted by atomic mass is 16.6. The molecule has 0 saturated heterocycles. The molecular formula is C14H18N2O3. The normalized spacial score (nSPS) is 19.8. The van der Waals surface area contributed by atoms with E-state index in [2.05, 4.69) is 33.0 Å². The number of hydrogen-bond donors (Lipinski definition) is 1. The van der Waals surface area contributed by atoms with Crippen LogP contribution in [-0.4, -0.2) is 10.8 Å². The Hall–Kier alpha value is -1.91. The van der Waals surface area contributed by atoms with Gasteiger partial charge < -0.3 is 5.32 Å². The molecule has 0 bridgehead atoms. The van der Waals surface area contributed by atoms with Crippen LogP contribution in [0, 0.1) is 26.9 Å². The Bertz CT molecular complexity index is 535. The van der Waals surface area contributed by atoms with Crippen molar-refractivity contribution in [3.8, 4) is 0 Å². The van der Waals surface area contributed by atoms with Crippen LogP contribution in [0.5, 0.6) is 0 Å². The molecule has 0 unspecified atom stereocenters. The predicted octanol–water partition coefficient (Wildman–Crippen LogP) is 3.22. The number of nitrogens with zero attached hydrogens (tertiary/aromatic N) is 1. The number of amides is 1. The highest BCUT2D eigenvalue weighted by molar-refractivity contribution is 5.96. The van der Waals surface area contributed by atoms with Gasteiger partial charge in [0.2, 0.25) is 5.91 Å². The molecule has 0 aliphatic heterocycles. The minimum absolute atomic E-state index is 0.0212. The molecule has 0 spiro atoms. The van der Waals surface area contributed by atoms with Crippen molar-refractivity contribution >= 4 is 17.3 Å². The minimum atomic E-state index is -0.472. The van der Waals surface area contributed by atoms with E-state index in [0.29, 0.717) is 5.69 Å². The van der Waals surface area contributed by atoms with Gasteiger partial charge in [-0.3, -0.25) is 14.9 Å². The van der Waals surface area contributed by atoms with Crippen LogP contribution < -0.4 is 5.32 Å². The molecule has 2 rings (SSSR count). The highest BCUT2D eigenvalue weighted by Crippen LogP contribution is 2.68. The Morgan fingerprint density at radius 3 is 2.32 bits per heavy atom. The minimum Gasteiger partial charge on any atom is -0.326 e. The van der Waals surface area contributed by atoms with Crippen LogP contribution in [0.15, 0.2) is 24.3 Å². The van der Waals surface area contributed by atoms with Crippen LogP contribution in [0.25, 0.3) is 0 Å². The molecule has 1 aromatic carbocycles. The summed E-state index contributed by atoms with van der Waals surface area (Å²) in [6, 6.07) is 6.01. The fourth-order valence-corrected chi connectivity index (χ4v) is 2.76. The maximum absolute atomic E-state index is 12.2. The van der Waals surface area contributed by atoms with Crippen molar-refractivity contribution in [2.24, 2.45) is 16.7 Å². The van der Waals surface area contributed by atoms with E-state index < -0.39 is 4.92 Å². The van der Waals surface area contributed by atoms with Gasteiger partial charge in [-0.2, -0.15) is 0 Å². The lowest BCUT2D eigenvalue weighted by atomic mass is 10.0. The third-order valence-corrected chi connectivity index (χ3v) is 4.61. The SMILES string of the molecule is CC1(C)C(C(=O)Nc2cccc([N+](=O)[O-])c2)C1(C)C. The van der Waals surface area contributed by atoms with E-state index in [0.717, 1.165) is 0 Å². The molecule has 1 aromatic rings. The second kappa shape index (κ2) is 4.05. The van der Waals surface area contributed by atoms with Gasteiger partial charge in [-0.15, -0.1) is 0 Å². The van der Waals surface area contributed by atoms with E-state index in [4.69, 9.17) is 0 Å². The van der Waals surface area contributed by atoms with Gasteiger partial charge in [-0.25, -0.2) is 0 Å². The Morgan fingerprint density at radius 1 is 1.26 bits per heavy atom. The van der Waals surface area contributed by atoms with Crippen LogP contribution in [0.1, 0.15) is 27.7 Å². The molecule has 19 heavy (non-hydrogen) atoms. The summed E-state index contributed by atoms with van der Waals surface area (Å²) in [5, 5.41) is 13.5. The maximum atomic E-state index is 12.2. The number of benzene rings is 1. The number of hydrogen-bond acceptors (Lipinski definition) is 3. The van der Waals surface area contributed by atoms with Crippen molar-refractivity contribution in [1.82, 2.24) is 0 Å². The van der Waals surface area contributed by atoms with E-state index in [1.54, 1.807) is 12.1 Å². The molecule has 1 amide bonds. The Balaban J connectivity index is 2.13. The topological polar surface area (TPSA) is 72.2 Å². The number of anilines is 1. The molecule has 1 aliphatic rings. The summed E-state index contributed by atoms with van der Waals surface area (Å²) in [5.74, 6) is -0.144. The molecule has 0 heterocycles. The van der Waals surface area contributed by atoms with Gasteiger partial charge in [0.25, 0.3) is 5.69 Å². The first-order chi connectivity index (χ1) is 8.68. The van der Waals surface area contributed by atoms with Crippen molar-refractivity contribution in [3.63, 3.8) is 0 Å². The Morgan fingerprint density at radius 2 is 1.84 bits per heavy atom. The van der Waals surface area contributed by atoms with Crippen molar-refractivity contribution in [3.05, 3.63) is 34.4 Å². The fourth-order valence-electron chi connectivity index (χ4n) is 2.76. The fraction of sp³-hybridized carbons (Fsp3) is 0.500. The summed E-state index contributed by atoms with van der Waals surface area (Å²) < 4.78 is 0. The lowest BCUT2D eigenvalue weighted by Crippen LogP contribution is -2.17. The predicted molar refractivity (Wildman–Crippen MR) is 72.8 cm³/mol. The van der Waals surface area contributed by atoms with E-state index in [-0.39, 0.29) is 28.3 Å². The van der Waals surface area contributed by atoms with Crippen molar-refractivity contribution in [2.45, 2.75) is 27.7 Å². The summed E-state index contributed by atoms with van der Waals surface area (Å²) in [4.78, 5) is 22.4. The van der Waals surface area contributed by atoms with Crippen LogP contribution >= 0.6 is 0 Å². The van der Waals surface area contributed by atoms with Gasteiger partial charge in [0.15, 0.2) is 0 Å². The molecule has 1 N–H and O–H groups in total. The zero-order valence-electron chi connectivity index (χ0n) is 11.6. The number of nitro benzene ring substituents is 1. The van der Waals surface area contributed by atoms with E-state index in [1.165, 1.54) is 12.1 Å². The molecule has 0 atom stereocenters. The van der Waals surface area contributed by atoms with Gasteiger partial charge in [-0.05, 0) is 16.9 Å². The zero-order chi connectivity index (χ0) is 14.4. The quantitative estimate of drug-likeness (QED) is 0.671. The Labute approximate surface area is 112 Å². The van der Waals surface area contributed by atoms with E-state index >= 15 is 0 Å². The van der Waals surface area contributed by atoms with Crippen molar-refractivity contribution in [2.75, 3.05) is 5.32 Å². The second-order valence-electron chi connectivity index (χ2n) is 6.17. The third-order valence-electron chi connectivity index (χ3n) is 4.61. The second-order valence-corrected chi connectivity index (χ2v) is 6.17. The highest BCUT2D eigenvalue weighted by Gasteiger charge is 2.68. The molecule has 1 fully saturated rings. The molecule has 5 heteroatoms. The summed E-state index contributed by atoms with van der Waals surface area (Å²) in [7, 11) is 0. The summed E-state index contributed by atoms with van der Waals surface area (Å²) >= 11 is 0. The number of rotatable bonds is 3. The first-order valence-electron chi connectivity index (χ1n) is 6.23. The van der Waals surface area contributed by atoms with Gasteiger partial charge in [0.05, 0.1) is 4.92 Å². The van der Waals surface area contributed by atoms with Crippen LogP contribution in [-0.2, 0) is 4.79 Å². The molecule has 1 aliphatic carbocycles. The largest absolute Gasteiger partial charge is 0.326 e. The number of carbonyl (C=O) groups is 1. The summed E-state index contributed by atoms with van der Waals surface area (Å²) in [6.07, 6.45) is 0. The maximum Gasteiger partial charge on any atom is 0.271 e. The summed E-state index contributed by atoms with van der Waals surface area (Å²) in [6.45, 7) is 8.24. The van der Waals surface area contributed by atoms with Gasteiger partial charge in [0, 0.05) is 23.7 Å². The Kier molecular flexibility index (Phi) is 2.88. The molecule has 102 valence electrons. The number of nitro groups is 1. The van der Waals surface area contributed by atoms with E-state index in [9.17, 15) is 14.9 Å². The number of non-ortho nitro benzene ring substituents is 1. The van der Waals surface area contributed by atoms with Crippen LogP contribution in [0.4, 0.5) is 11.4 Å². The van der Waals surface area contributed by atoms with Gasteiger partial charge >= 0.3 is 0 Å². The smallest absolute Gasteiger partial charge is 0.271 e. The molecule has 1 saturated carbocycles. The first-order valence-corrected chi connectivity index (χ1v) is 6.23. The molecule has 5 nitrogen and oxygen atoms in total. The van der Waals surface area contributed by atoms with E-state index in [1.807, 2.05) is 0 Å². The molecular weight excluding hydrogens is 244 g/mol. The lowest BCUT2D eigenvalue weighted by Gasteiger charge is -2.06. The van der Waals surface area contributed by atoms with Crippen molar-refractivity contribution < 1.29 is 9.72 Å². The van der Waals surface area contributed by atoms with Gasteiger partial charge in [-0.1, -0.05) is 33.8 Å². The van der Waals surface area contributed by atoms with Crippen LogP contribution in [0.3, 0.4) is 0 Å². The first kappa shape index (κ1) is 13.5. The zero-order valence-corrected chi connectivity index (χ0v) is 11.6. The van der Waals surface area contributed by atoms with Crippen molar-refractivity contribution in [1.29, 1.82) is 0 Å². The number of carbonyl (C=O) groups excluding carboxylic acids is 1. The standard InChI is InChI=1S/C14H18N2O3/c1-13(2)11(14(13,3)4)12(17)15-9-6-5-7-10(8-9)16(18)19/h5-8,11H,1-4H3,(H,15,17). The average molecular weight is 262 g/mol. The molecule has 0 aromatic heterocycles. The monoisotopic (exact) mass is 262 g/mol. The summed E-state index contributed by atoms with van der Waals surface area (Å²) in [5.41, 5.74) is 0.361.